The second-order valence-corrected chi connectivity index (χ2v) is 7.96. The smallest absolute Gasteiger partial charge is 0.300 e. The number of hydrogen-bond acceptors (Lipinski definition) is 4. The van der Waals surface area contributed by atoms with E-state index in [0.717, 1.165) is 5.56 Å². The second kappa shape index (κ2) is 8.89. The van der Waals surface area contributed by atoms with Gasteiger partial charge in [0.2, 0.25) is 0 Å². The van der Waals surface area contributed by atoms with E-state index in [1.807, 2.05) is 32.0 Å². The average Bonchev–Trinajstić information content (AvgIpc) is 3.04. The van der Waals surface area contributed by atoms with Crippen LogP contribution in [-0.2, 0) is 9.59 Å². The second-order valence-electron chi connectivity index (χ2n) is 7.52. The number of carbonyl (C=O) groups excluding carboxylic acids is 2. The molecule has 4 rings (SSSR count). The molecule has 0 bridgehead atoms. The molecule has 1 fully saturated rings. The molecule has 0 aromatic heterocycles. The molecule has 1 atom stereocenters. The Morgan fingerprint density at radius 2 is 1.75 bits per heavy atom. The molecule has 1 aliphatic rings. The minimum absolute atomic E-state index is 0.0166. The number of hydrogen-bond donors (Lipinski definition) is 1. The number of carbonyl (C=O) groups is 2. The zero-order chi connectivity index (χ0) is 22.8. The Morgan fingerprint density at radius 3 is 2.41 bits per heavy atom. The van der Waals surface area contributed by atoms with Crippen LogP contribution in [0.25, 0.3) is 5.76 Å². The third kappa shape index (κ3) is 3.99. The number of ether oxygens (including phenoxy) is 1. The van der Waals surface area contributed by atoms with Crippen molar-refractivity contribution < 1.29 is 19.4 Å². The molecule has 1 heterocycles. The zero-order valence-corrected chi connectivity index (χ0v) is 18.5. The summed E-state index contributed by atoms with van der Waals surface area (Å²) in [6, 6.07) is 20.3. The lowest BCUT2D eigenvalue weighted by atomic mass is 9.95. The van der Waals surface area contributed by atoms with Gasteiger partial charge in [0.1, 0.15) is 11.5 Å². The van der Waals surface area contributed by atoms with E-state index in [0.29, 0.717) is 34.2 Å². The van der Waals surface area contributed by atoms with Crippen molar-refractivity contribution in [2.75, 3.05) is 11.5 Å². The molecule has 3 aromatic rings. The molecule has 0 saturated carbocycles. The number of benzene rings is 3. The largest absolute Gasteiger partial charge is 0.507 e. The summed E-state index contributed by atoms with van der Waals surface area (Å²) in [5.74, 6) is -1.03. The first-order chi connectivity index (χ1) is 15.4. The highest BCUT2D eigenvalue weighted by Gasteiger charge is 2.47. The Hall–Kier alpha value is -3.57. The number of aliphatic hydroxyl groups excluding tert-OH is 1. The third-order valence-electron chi connectivity index (χ3n) is 5.33. The molecule has 1 amide bonds. The average molecular weight is 448 g/mol. The van der Waals surface area contributed by atoms with Gasteiger partial charge in [0, 0.05) is 16.3 Å². The summed E-state index contributed by atoms with van der Waals surface area (Å²) in [7, 11) is 0. The number of rotatable bonds is 5. The highest BCUT2D eigenvalue weighted by molar-refractivity contribution is 6.51. The van der Waals surface area contributed by atoms with Crippen LogP contribution < -0.4 is 9.64 Å². The number of amides is 1. The van der Waals surface area contributed by atoms with Crippen LogP contribution in [0.3, 0.4) is 0 Å². The maximum atomic E-state index is 13.2. The summed E-state index contributed by atoms with van der Waals surface area (Å²) in [6.07, 6.45) is 0. The molecule has 1 aliphatic heterocycles. The van der Waals surface area contributed by atoms with Crippen molar-refractivity contribution in [1.82, 2.24) is 0 Å². The van der Waals surface area contributed by atoms with Crippen molar-refractivity contribution in [2.45, 2.75) is 19.9 Å². The van der Waals surface area contributed by atoms with Crippen molar-refractivity contribution in [2.24, 2.45) is 0 Å². The first-order valence-electron chi connectivity index (χ1n) is 10.3. The fourth-order valence-corrected chi connectivity index (χ4v) is 4.09. The molecule has 0 spiro atoms. The topological polar surface area (TPSA) is 66.8 Å². The summed E-state index contributed by atoms with van der Waals surface area (Å²) in [6.45, 7) is 4.33. The molecule has 1 saturated heterocycles. The van der Waals surface area contributed by atoms with Crippen molar-refractivity contribution >= 4 is 34.7 Å². The van der Waals surface area contributed by atoms with Crippen LogP contribution >= 0.6 is 11.6 Å². The first-order valence-corrected chi connectivity index (χ1v) is 10.6. The van der Waals surface area contributed by atoms with Crippen LogP contribution in [0.2, 0.25) is 5.02 Å². The number of halogens is 1. The van der Waals surface area contributed by atoms with Gasteiger partial charge in [-0.15, -0.1) is 0 Å². The van der Waals surface area contributed by atoms with E-state index in [1.165, 1.54) is 4.90 Å². The SMILES string of the molecule is CCOc1ccc(C2/C(=C(\O)c3cccc(Cl)c3)C(=O)C(=O)N2c2cccc(C)c2)cc1. The molecule has 6 heteroatoms. The van der Waals surface area contributed by atoms with Crippen LogP contribution in [0, 0.1) is 6.92 Å². The number of aliphatic hydroxyl groups is 1. The standard InChI is InChI=1S/C26H22ClNO4/c1-3-32-21-12-10-17(11-13-21)23-22(24(29)18-7-5-8-19(27)15-18)25(30)26(31)28(23)20-9-4-6-16(2)14-20/h4-15,23,29H,3H2,1-2H3/b24-22+. The van der Waals surface area contributed by atoms with Crippen LogP contribution in [0.1, 0.15) is 29.7 Å². The van der Waals surface area contributed by atoms with Gasteiger partial charge in [-0.05, 0) is 61.4 Å². The van der Waals surface area contributed by atoms with Crippen LogP contribution in [0.15, 0.2) is 78.4 Å². The molecule has 32 heavy (non-hydrogen) atoms. The van der Waals surface area contributed by atoms with E-state index >= 15 is 0 Å². The third-order valence-corrected chi connectivity index (χ3v) is 5.56. The zero-order valence-electron chi connectivity index (χ0n) is 17.7. The fraction of sp³-hybridized carbons (Fsp3) is 0.154. The molecule has 1 N–H and O–H groups in total. The van der Waals surface area contributed by atoms with Gasteiger partial charge in [-0.2, -0.15) is 0 Å². The van der Waals surface area contributed by atoms with E-state index in [2.05, 4.69) is 0 Å². The Bertz CT molecular complexity index is 1220. The van der Waals surface area contributed by atoms with Gasteiger partial charge >= 0.3 is 0 Å². The molecule has 0 aliphatic carbocycles. The predicted molar refractivity (Wildman–Crippen MR) is 125 cm³/mol. The molecule has 0 radical (unpaired) electrons. The Balaban J connectivity index is 1.92. The minimum atomic E-state index is -0.800. The van der Waals surface area contributed by atoms with Gasteiger partial charge in [-0.25, -0.2) is 0 Å². The van der Waals surface area contributed by atoms with Gasteiger partial charge in [-0.1, -0.05) is 48.0 Å². The van der Waals surface area contributed by atoms with Crippen molar-refractivity contribution in [3.05, 3.63) is 100 Å². The van der Waals surface area contributed by atoms with Gasteiger partial charge in [0.15, 0.2) is 0 Å². The molecule has 3 aromatic carbocycles. The maximum absolute atomic E-state index is 13.2. The summed E-state index contributed by atoms with van der Waals surface area (Å²) in [5, 5.41) is 11.5. The minimum Gasteiger partial charge on any atom is -0.507 e. The normalized spacial score (nSPS) is 17.6. The van der Waals surface area contributed by atoms with E-state index in [4.69, 9.17) is 16.3 Å². The highest BCUT2D eigenvalue weighted by Crippen LogP contribution is 2.42. The Labute approximate surface area is 191 Å². The van der Waals surface area contributed by atoms with Crippen molar-refractivity contribution in [1.29, 1.82) is 0 Å². The van der Waals surface area contributed by atoms with E-state index in [1.54, 1.807) is 54.6 Å². The molecule has 5 nitrogen and oxygen atoms in total. The van der Waals surface area contributed by atoms with Crippen molar-refractivity contribution in [3.63, 3.8) is 0 Å². The number of ketones is 1. The van der Waals surface area contributed by atoms with Gasteiger partial charge in [0.05, 0.1) is 18.2 Å². The monoisotopic (exact) mass is 447 g/mol. The summed E-state index contributed by atoms with van der Waals surface area (Å²) >= 11 is 6.09. The van der Waals surface area contributed by atoms with Crippen molar-refractivity contribution in [3.8, 4) is 5.75 Å². The quantitative estimate of drug-likeness (QED) is 0.310. The highest BCUT2D eigenvalue weighted by atomic mass is 35.5. The van der Waals surface area contributed by atoms with Gasteiger partial charge in [0.25, 0.3) is 11.7 Å². The summed E-state index contributed by atoms with van der Waals surface area (Å²) in [5.41, 5.74) is 2.59. The predicted octanol–water partition coefficient (Wildman–Crippen LogP) is 5.67. The molecular formula is C26H22ClNO4. The van der Waals surface area contributed by atoms with E-state index in [-0.39, 0.29) is 11.3 Å². The summed E-state index contributed by atoms with van der Waals surface area (Å²) in [4.78, 5) is 27.8. The maximum Gasteiger partial charge on any atom is 0.300 e. The molecular weight excluding hydrogens is 426 g/mol. The lowest BCUT2D eigenvalue weighted by molar-refractivity contribution is -0.132. The molecule has 162 valence electrons. The fourth-order valence-electron chi connectivity index (χ4n) is 3.90. The Kier molecular flexibility index (Phi) is 6.01. The number of aryl methyl sites for hydroxylation is 1. The van der Waals surface area contributed by atoms with E-state index in [9.17, 15) is 14.7 Å². The van der Waals surface area contributed by atoms with Crippen LogP contribution in [-0.4, -0.2) is 23.4 Å². The van der Waals surface area contributed by atoms with Crippen LogP contribution in [0.5, 0.6) is 5.75 Å². The number of nitrogens with zero attached hydrogens (tertiary/aromatic N) is 1. The van der Waals surface area contributed by atoms with Gasteiger partial charge in [-0.3, -0.25) is 14.5 Å². The number of anilines is 1. The number of Topliss-reactive ketones (excluding diaryl/α,β-unsaturated/α-hetero) is 1. The Morgan fingerprint density at radius 1 is 1.03 bits per heavy atom. The summed E-state index contributed by atoms with van der Waals surface area (Å²) < 4.78 is 5.53. The lowest BCUT2D eigenvalue weighted by Crippen LogP contribution is -2.29. The first kappa shape index (κ1) is 21.7. The lowest BCUT2D eigenvalue weighted by Gasteiger charge is -2.26. The van der Waals surface area contributed by atoms with Gasteiger partial charge < -0.3 is 9.84 Å². The van der Waals surface area contributed by atoms with Crippen LogP contribution in [0.4, 0.5) is 5.69 Å². The molecule has 1 unspecified atom stereocenters. The van der Waals surface area contributed by atoms with E-state index < -0.39 is 17.7 Å².